The van der Waals surface area contributed by atoms with Crippen molar-refractivity contribution in [1.82, 2.24) is 10.2 Å². The molecule has 7 heteroatoms. The number of benzene rings is 2. The summed E-state index contributed by atoms with van der Waals surface area (Å²) >= 11 is 6.04. The molecule has 1 saturated heterocycles. The van der Waals surface area contributed by atoms with Crippen molar-refractivity contribution in [2.45, 2.75) is 6.04 Å². The van der Waals surface area contributed by atoms with Gasteiger partial charge in [0.15, 0.2) is 11.5 Å². The molecular formula is C22H23ClN2O4. The number of halogens is 1. The van der Waals surface area contributed by atoms with Crippen LogP contribution < -0.4 is 14.8 Å². The number of hydrogen-bond acceptors (Lipinski definition) is 5. The van der Waals surface area contributed by atoms with Crippen molar-refractivity contribution in [2.24, 2.45) is 0 Å². The molecule has 2 aromatic rings. The van der Waals surface area contributed by atoms with Crippen LogP contribution in [0.1, 0.15) is 17.2 Å². The fourth-order valence-electron chi connectivity index (χ4n) is 3.48. The van der Waals surface area contributed by atoms with Crippen LogP contribution in [0.15, 0.2) is 48.5 Å². The Bertz CT molecular complexity index is 879. The summed E-state index contributed by atoms with van der Waals surface area (Å²) in [7, 11) is 0. The van der Waals surface area contributed by atoms with Gasteiger partial charge in [0.2, 0.25) is 12.7 Å². The predicted molar refractivity (Wildman–Crippen MR) is 111 cm³/mol. The van der Waals surface area contributed by atoms with Crippen molar-refractivity contribution in [1.29, 1.82) is 0 Å². The molecule has 4 rings (SSSR count). The zero-order chi connectivity index (χ0) is 20.1. The number of nitrogens with one attached hydrogen (secondary N) is 1. The molecule has 2 aliphatic rings. The fourth-order valence-corrected chi connectivity index (χ4v) is 3.60. The summed E-state index contributed by atoms with van der Waals surface area (Å²) in [5.41, 5.74) is 2.00. The molecule has 0 spiro atoms. The number of fused-ring (bicyclic) bond motifs is 1. The van der Waals surface area contributed by atoms with Crippen LogP contribution in [0.4, 0.5) is 0 Å². The topological polar surface area (TPSA) is 60.0 Å². The van der Waals surface area contributed by atoms with Gasteiger partial charge in [-0.15, -0.1) is 0 Å². The van der Waals surface area contributed by atoms with Crippen molar-refractivity contribution < 1.29 is 19.0 Å². The number of carbonyl (C=O) groups excluding carboxylic acids is 1. The first kappa shape index (κ1) is 19.8. The van der Waals surface area contributed by atoms with Crippen LogP contribution in [0.2, 0.25) is 5.02 Å². The largest absolute Gasteiger partial charge is 0.454 e. The molecule has 2 aliphatic heterocycles. The maximum absolute atomic E-state index is 12.4. The van der Waals surface area contributed by atoms with E-state index >= 15 is 0 Å². The van der Waals surface area contributed by atoms with Crippen LogP contribution in [0.3, 0.4) is 0 Å². The Kier molecular flexibility index (Phi) is 6.34. The summed E-state index contributed by atoms with van der Waals surface area (Å²) in [5.74, 6) is 1.28. The Morgan fingerprint density at radius 2 is 1.86 bits per heavy atom. The number of hydrogen-bond donors (Lipinski definition) is 1. The molecule has 0 radical (unpaired) electrons. The third-order valence-corrected chi connectivity index (χ3v) is 5.29. The first-order chi connectivity index (χ1) is 14.2. The van der Waals surface area contributed by atoms with Crippen molar-refractivity contribution in [3.8, 4) is 11.5 Å². The molecular weight excluding hydrogens is 392 g/mol. The second kappa shape index (κ2) is 9.31. The van der Waals surface area contributed by atoms with Crippen molar-refractivity contribution in [3.63, 3.8) is 0 Å². The first-order valence-electron chi connectivity index (χ1n) is 9.62. The summed E-state index contributed by atoms with van der Waals surface area (Å²) in [6.07, 6.45) is 3.30. The van der Waals surface area contributed by atoms with E-state index in [1.165, 1.54) is 6.08 Å². The van der Waals surface area contributed by atoms with E-state index < -0.39 is 0 Å². The number of rotatable bonds is 6. The molecule has 0 saturated carbocycles. The van der Waals surface area contributed by atoms with E-state index in [9.17, 15) is 4.79 Å². The van der Waals surface area contributed by atoms with Gasteiger partial charge in [0.05, 0.1) is 19.3 Å². The molecule has 0 bridgehead atoms. The molecule has 152 valence electrons. The van der Waals surface area contributed by atoms with Gasteiger partial charge in [-0.3, -0.25) is 9.69 Å². The molecule has 1 atom stereocenters. The highest BCUT2D eigenvalue weighted by molar-refractivity contribution is 6.30. The lowest BCUT2D eigenvalue weighted by Crippen LogP contribution is -2.43. The molecule has 1 fully saturated rings. The third kappa shape index (κ3) is 5.09. The minimum Gasteiger partial charge on any atom is -0.454 e. The van der Waals surface area contributed by atoms with Gasteiger partial charge in [0, 0.05) is 30.7 Å². The highest BCUT2D eigenvalue weighted by Crippen LogP contribution is 2.32. The lowest BCUT2D eigenvalue weighted by molar-refractivity contribution is -0.116. The number of amides is 1. The van der Waals surface area contributed by atoms with Gasteiger partial charge in [-0.25, -0.2) is 0 Å². The van der Waals surface area contributed by atoms with Gasteiger partial charge >= 0.3 is 0 Å². The average Bonchev–Trinajstić information content (AvgIpc) is 3.22. The second-order valence-electron chi connectivity index (χ2n) is 6.91. The van der Waals surface area contributed by atoms with E-state index in [1.54, 1.807) is 6.08 Å². The minimum atomic E-state index is -0.144. The van der Waals surface area contributed by atoms with E-state index in [0.717, 1.165) is 30.0 Å². The molecule has 0 aliphatic carbocycles. The summed E-state index contributed by atoms with van der Waals surface area (Å²) in [6, 6.07) is 13.4. The van der Waals surface area contributed by atoms with Gasteiger partial charge in [-0.2, -0.15) is 0 Å². The summed E-state index contributed by atoms with van der Waals surface area (Å²) in [6.45, 7) is 3.79. The van der Waals surface area contributed by atoms with E-state index in [2.05, 4.69) is 10.2 Å². The molecule has 2 aromatic carbocycles. The van der Waals surface area contributed by atoms with Crippen LogP contribution in [0.5, 0.6) is 11.5 Å². The number of nitrogens with zero attached hydrogens (tertiary/aromatic N) is 1. The van der Waals surface area contributed by atoms with Gasteiger partial charge < -0.3 is 19.5 Å². The fraction of sp³-hybridized carbons (Fsp3) is 0.318. The van der Waals surface area contributed by atoms with E-state index in [0.29, 0.717) is 30.5 Å². The SMILES string of the molecule is O=C(/C=C/c1ccc2c(c1)OCO2)NCC(c1ccc(Cl)cc1)N1CCOCC1. The quantitative estimate of drug-likeness (QED) is 0.735. The van der Waals surface area contributed by atoms with E-state index in [4.69, 9.17) is 25.8 Å². The van der Waals surface area contributed by atoms with E-state index in [-0.39, 0.29) is 18.7 Å². The zero-order valence-corrected chi connectivity index (χ0v) is 16.7. The van der Waals surface area contributed by atoms with Crippen LogP contribution >= 0.6 is 11.6 Å². The Morgan fingerprint density at radius 1 is 1.10 bits per heavy atom. The monoisotopic (exact) mass is 414 g/mol. The molecule has 1 amide bonds. The predicted octanol–water partition coefficient (Wildman–Crippen LogP) is 3.27. The average molecular weight is 415 g/mol. The maximum atomic E-state index is 12.4. The summed E-state index contributed by atoms with van der Waals surface area (Å²) in [5, 5.41) is 3.72. The maximum Gasteiger partial charge on any atom is 0.244 e. The van der Waals surface area contributed by atoms with Crippen molar-refractivity contribution >= 4 is 23.6 Å². The first-order valence-corrected chi connectivity index (χ1v) is 10.00. The molecule has 6 nitrogen and oxygen atoms in total. The second-order valence-corrected chi connectivity index (χ2v) is 7.34. The normalized spacial score (nSPS) is 17.4. The van der Waals surface area contributed by atoms with Gasteiger partial charge in [-0.1, -0.05) is 29.8 Å². The Morgan fingerprint density at radius 3 is 2.66 bits per heavy atom. The molecule has 29 heavy (non-hydrogen) atoms. The third-order valence-electron chi connectivity index (χ3n) is 5.03. The molecule has 0 aromatic heterocycles. The Balaban J connectivity index is 1.39. The Labute approximate surface area is 175 Å². The van der Waals surface area contributed by atoms with Crippen LogP contribution in [0, 0.1) is 0 Å². The van der Waals surface area contributed by atoms with E-state index in [1.807, 2.05) is 42.5 Å². The van der Waals surface area contributed by atoms with Crippen molar-refractivity contribution in [2.75, 3.05) is 39.6 Å². The lowest BCUT2D eigenvalue weighted by Gasteiger charge is -2.34. The summed E-state index contributed by atoms with van der Waals surface area (Å²) in [4.78, 5) is 14.7. The van der Waals surface area contributed by atoms with Gasteiger partial charge in [0.25, 0.3) is 0 Å². The van der Waals surface area contributed by atoms with Crippen LogP contribution in [-0.4, -0.2) is 50.4 Å². The standard InChI is InChI=1S/C22H23ClN2O4/c23-18-5-3-17(4-6-18)19(25-9-11-27-12-10-25)14-24-22(26)8-2-16-1-7-20-21(13-16)29-15-28-20/h1-8,13,19H,9-12,14-15H2,(H,24,26)/b8-2+. The highest BCUT2D eigenvalue weighted by Gasteiger charge is 2.23. The number of morpholine rings is 1. The molecule has 1 unspecified atom stereocenters. The van der Waals surface area contributed by atoms with Crippen molar-refractivity contribution in [3.05, 3.63) is 64.7 Å². The molecule has 2 heterocycles. The minimum absolute atomic E-state index is 0.0686. The molecule has 1 N–H and O–H groups in total. The lowest BCUT2D eigenvalue weighted by atomic mass is 10.0. The van der Waals surface area contributed by atoms with Crippen LogP contribution in [0.25, 0.3) is 6.08 Å². The zero-order valence-electron chi connectivity index (χ0n) is 16.0. The highest BCUT2D eigenvalue weighted by atomic mass is 35.5. The van der Waals surface area contributed by atoms with Crippen LogP contribution in [-0.2, 0) is 9.53 Å². The Hall–Kier alpha value is -2.54. The summed E-state index contributed by atoms with van der Waals surface area (Å²) < 4.78 is 16.1. The smallest absolute Gasteiger partial charge is 0.244 e. The number of ether oxygens (including phenoxy) is 3. The van der Waals surface area contributed by atoms with Gasteiger partial charge in [0.1, 0.15) is 0 Å². The number of carbonyl (C=O) groups is 1. The van der Waals surface area contributed by atoms with Gasteiger partial charge in [-0.05, 0) is 41.5 Å².